The summed E-state index contributed by atoms with van der Waals surface area (Å²) in [4.78, 5) is 26.0. The molecule has 0 spiro atoms. The van der Waals surface area contributed by atoms with Crippen molar-refractivity contribution >= 4 is 39.6 Å². The third-order valence-electron chi connectivity index (χ3n) is 4.86. The molecule has 0 aliphatic carbocycles. The highest BCUT2D eigenvalue weighted by molar-refractivity contribution is 7.67. The van der Waals surface area contributed by atoms with Crippen LogP contribution < -0.4 is 10.4 Å². The Morgan fingerprint density at radius 3 is 2.31 bits per heavy atom. The van der Waals surface area contributed by atoms with Gasteiger partial charge in [0, 0.05) is 30.0 Å². The first-order chi connectivity index (χ1) is 15.4. The van der Waals surface area contributed by atoms with Crippen molar-refractivity contribution in [3.63, 3.8) is 0 Å². The van der Waals surface area contributed by atoms with E-state index < -0.39 is 22.7 Å². The van der Waals surface area contributed by atoms with Crippen molar-refractivity contribution in [2.45, 2.75) is 0 Å². The molecule has 2 aromatic heterocycles. The van der Waals surface area contributed by atoms with E-state index in [2.05, 4.69) is 9.60 Å². The van der Waals surface area contributed by atoms with Gasteiger partial charge in [0.25, 0.3) is 22.7 Å². The van der Waals surface area contributed by atoms with Crippen LogP contribution in [0.1, 0.15) is 10.5 Å². The minimum absolute atomic E-state index is 0.272. The van der Waals surface area contributed by atoms with Gasteiger partial charge in [-0.05, 0) is 48.0 Å². The van der Waals surface area contributed by atoms with Gasteiger partial charge in [0.1, 0.15) is 5.69 Å². The Morgan fingerprint density at radius 2 is 1.62 bits per heavy atom. The quantitative estimate of drug-likeness (QED) is 0.194. The second-order valence-electron chi connectivity index (χ2n) is 6.90. The number of Topliss-reactive ketones (excluding diaryl/α,β-unsaturated/α-hetero) is 1. The number of nitrogens with zero attached hydrogens (tertiary/aromatic N) is 2. The van der Waals surface area contributed by atoms with Crippen molar-refractivity contribution in [3.8, 4) is 11.1 Å². The predicted octanol–water partition coefficient (Wildman–Crippen LogP) is 3.32. The number of thiol groups is 1. The molecule has 2 heterocycles. The lowest BCUT2D eigenvalue weighted by Gasteiger charge is -2.14. The molecular weight excluding hydrogens is 430 g/mol. The Bertz CT molecular complexity index is 1350. The molecule has 32 heavy (non-hydrogen) atoms. The van der Waals surface area contributed by atoms with Gasteiger partial charge in [-0.15, -0.1) is 0 Å². The fourth-order valence-corrected chi connectivity index (χ4v) is 3.68. The number of hydrogen-bond donors (Lipinski definition) is 2. The SMILES string of the molecule is CN(O[SH](=O)=O)c1ccc(NC(=O)C(=O)c2c(-c3ccccc3)cc3ccccn23)cc1. The molecule has 0 fully saturated rings. The fraction of sp³-hybridized carbons (Fsp3) is 0.0435. The monoisotopic (exact) mass is 449 g/mol. The number of hydroxylamine groups is 1. The van der Waals surface area contributed by atoms with E-state index in [0.717, 1.165) is 16.1 Å². The minimum Gasteiger partial charge on any atom is -0.319 e. The second-order valence-corrected chi connectivity index (χ2v) is 7.51. The fourth-order valence-electron chi connectivity index (χ4n) is 3.39. The van der Waals surface area contributed by atoms with Crippen molar-refractivity contribution in [3.05, 3.63) is 90.8 Å². The standard InChI is InChI=1S/C23H19N3O5S/c1-25(31-32(29)30)18-12-10-17(11-13-18)24-23(28)22(27)21-20(16-7-3-2-4-8-16)15-19-9-5-6-14-26(19)21/h2-15,32H,1H3,(H,24,28). The van der Waals surface area contributed by atoms with Crippen LogP contribution in [0.3, 0.4) is 0 Å². The molecule has 0 radical (unpaired) electrons. The van der Waals surface area contributed by atoms with Gasteiger partial charge in [-0.1, -0.05) is 36.4 Å². The van der Waals surface area contributed by atoms with Crippen LogP contribution in [0.25, 0.3) is 16.6 Å². The largest absolute Gasteiger partial charge is 0.319 e. The first-order valence-electron chi connectivity index (χ1n) is 9.61. The number of aromatic nitrogens is 1. The Morgan fingerprint density at radius 1 is 0.938 bits per heavy atom. The molecule has 0 unspecified atom stereocenters. The summed E-state index contributed by atoms with van der Waals surface area (Å²) < 4.78 is 27.6. The molecule has 0 saturated carbocycles. The third-order valence-corrected chi connectivity index (χ3v) is 5.24. The van der Waals surface area contributed by atoms with Crippen LogP contribution in [0.15, 0.2) is 85.1 Å². The number of hydrogen-bond acceptors (Lipinski definition) is 6. The van der Waals surface area contributed by atoms with Gasteiger partial charge in [-0.2, -0.15) is 4.28 Å². The zero-order valence-corrected chi connectivity index (χ0v) is 17.9. The summed E-state index contributed by atoms with van der Waals surface area (Å²) in [7, 11) is -1.61. The number of nitrogens with one attached hydrogen (secondary N) is 1. The van der Waals surface area contributed by atoms with E-state index in [9.17, 15) is 18.0 Å². The van der Waals surface area contributed by atoms with Gasteiger partial charge < -0.3 is 9.72 Å². The van der Waals surface area contributed by atoms with Gasteiger partial charge in [0.05, 0.1) is 5.69 Å². The molecule has 4 rings (SSSR count). The second kappa shape index (κ2) is 9.04. The Hall–Kier alpha value is -3.95. The lowest BCUT2D eigenvalue weighted by molar-refractivity contribution is -0.112. The van der Waals surface area contributed by atoms with E-state index in [-0.39, 0.29) is 5.69 Å². The van der Waals surface area contributed by atoms with Gasteiger partial charge in [-0.3, -0.25) is 9.59 Å². The molecule has 0 aliphatic heterocycles. The normalized spacial score (nSPS) is 10.9. The van der Waals surface area contributed by atoms with Crippen LogP contribution in [-0.4, -0.2) is 31.6 Å². The van der Waals surface area contributed by atoms with Crippen LogP contribution in [-0.2, 0) is 20.1 Å². The van der Waals surface area contributed by atoms with Crippen molar-refractivity contribution in [1.82, 2.24) is 4.40 Å². The minimum atomic E-state index is -3.04. The van der Waals surface area contributed by atoms with Crippen LogP contribution in [0.4, 0.5) is 11.4 Å². The number of benzene rings is 2. The molecule has 9 heteroatoms. The Labute approximate surface area is 185 Å². The van der Waals surface area contributed by atoms with Gasteiger partial charge >= 0.3 is 0 Å². The van der Waals surface area contributed by atoms with E-state index in [1.165, 1.54) is 7.05 Å². The topological polar surface area (TPSA) is 97.2 Å². The van der Waals surface area contributed by atoms with Crippen LogP contribution in [0.2, 0.25) is 0 Å². The average Bonchev–Trinajstić information content (AvgIpc) is 3.18. The number of fused-ring (bicyclic) bond motifs is 1. The average molecular weight is 449 g/mol. The zero-order valence-electron chi connectivity index (χ0n) is 17.0. The number of amides is 1. The number of carbonyl (C=O) groups is 2. The Balaban J connectivity index is 1.62. The molecule has 4 aromatic rings. The van der Waals surface area contributed by atoms with Crippen molar-refractivity contribution in [2.24, 2.45) is 0 Å². The van der Waals surface area contributed by atoms with Crippen molar-refractivity contribution in [1.29, 1.82) is 0 Å². The lowest BCUT2D eigenvalue weighted by atomic mass is 10.0. The van der Waals surface area contributed by atoms with E-state index in [1.807, 2.05) is 48.5 Å². The molecule has 1 amide bonds. The maximum atomic E-state index is 13.2. The van der Waals surface area contributed by atoms with E-state index in [4.69, 9.17) is 0 Å². The number of pyridine rings is 1. The maximum absolute atomic E-state index is 13.2. The van der Waals surface area contributed by atoms with Crippen molar-refractivity contribution < 1.29 is 22.3 Å². The number of carbonyl (C=O) groups excluding carboxylic acids is 2. The molecular formula is C23H19N3O5S. The van der Waals surface area contributed by atoms with E-state index >= 15 is 0 Å². The molecule has 0 saturated heterocycles. The number of ketones is 1. The highest BCUT2D eigenvalue weighted by Gasteiger charge is 2.24. The summed E-state index contributed by atoms with van der Waals surface area (Å²) in [6.45, 7) is 0. The molecule has 8 nitrogen and oxygen atoms in total. The maximum Gasteiger partial charge on any atom is 0.298 e. The molecule has 162 valence electrons. The molecule has 0 bridgehead atoms. The first kappa shape index (κ1) is 21.3. The van der Waals surface area contributed by atoms with Crippen molar-refractivity contribution in [2.75, 3.05) is 17.4 Å². The van der Waals surface area contributed by atoms with E-state index in [0.29, 0.717) is 16.9 Å². The summed E-state index contributed by atoms with van der Waals surface area (Å²) >= 11 is 0. The van der Waals surface area contributed by atoms with Crippen LogP contribution in [0.5, 0.6) is 0 Å². The third kappa shape index (κ3) is 4.39. The summed E-state index contributed by atoms with van der Waals surface area (Å²) in [6, 6.07) is 23.0. The first-order valence-corrected chi connectivity index (χ1v) is 10.7. The molecule has 0 atom stereocenters. The smallest absolute Gasteiger partial charge is 0.298 e. The Kier molecular flexibility index (Phi) is 6.02. The number of anilines is 2. The van der Waals surface area contributed by atoms with Gasteiger partial charge in [0.2, 0.25) is 0 Å². The van der Waals surface area contributed by atoms with Crippen LogP contribution in [0, 0.1) is 0 Å². The lowest BCUT2D eigenvalue weighted by Crippen LogP contribution is -2.24. The number of rotatable bonds is 7. The summed E-state index contributed by atoms with van der Waals surface area (Å²) in [5.41, 5.74) is 3.40. The van der Waals surface area contributed by atoms with E-state index in [1.54, 1.807) is 40.9 Å². The summed E-state index contributed by atoms with van der Waals surface area (Å²) in [5, 5.41) is 3.67. The summed E-state index contributed by atoms with van der Waals surface area (Å²) in [6.07, 6.45) is 1.74. The van der Waals surface area contributed by atoms with Crippen LogP contribution >= 0.6 is 0 Å². The van der Waals surface area contributed by atoms with Gasteiger partial charge in [-0.25, -0.2) is 13.5 Å². The zero-order chi connectivity index (χ0) is 22.7. The molecule has 0 aliphatic rings. The molecule has 1 N–H and O–H groups in total. The highest BCUT2D eigenvalue weighted by atomic mass is 32.2. The highest BCUT2D eigenvalue weighted by Crippen LogP contribution is 2.28. The summed E-state index contributed by atoms with van der Waals surface area (Å²) in [5.74, 6) is -1.46. The van der Waals surface area contributed by atoms with Gasteiger partial charge in [0.15, 0.2) is 0 Å². The molecule has 2 aromatic carbocycles. The predicted molar refractivity (Wildman–Crippen MR) is 122 cm³/mol.